The number of allylic oxidation sites excluding steroid dienone is 2. The molecule has 0 unspecified atom stereocenters. The topological polar surface area (TPSA) is 68.6 Å². The van der Waals surface area contributed by atoms with E-state index in [-0.39, 0.29) is 18.1 Å². The van der Waals surface area contributed by atoms with Gasteiger partial charge in [0.05, 0.1) is 18.8 Å². The normalized spacial score (nSPS) is 12.6. The van der Waals surface area contributed by atoms with E-state index in [9.17, 15) is 10.1 Å². The van der Waals surface area contributed by atoms with E-state index in [1.807, 2.05) is 6.92 Å². The van der Waals surface area contributed by atoms with Crippen LogP contribution in [-0.4, -0.2) is 19.7 Å². The molecule has 1 aliphatic heterocycles. The molecular weight excluding hydrogens is 306 g/mol. The molecule has 0 spiro atoms. The summed E-state index contributed by atoms with van der Waals surface area (Å²) in [6, 6.07) is 12.4. The van der Waals surface area contributed by atoms with Crippen molar-refractivity contribution in [1.82, 2.24) is 0 Å². The fourth-order valence-electron chi connectivity index (χ4n) is 2.49. The molecule has 0 aromatic heterocycles. The van der Waals surface area contributed by atoms with Crippen molar-refractivity contribution < 1.29 is 19.0 Å². The Labute approximate surface area is 139 Å². The number of hydrogen-bond acceptors (Lipinski definition) is 5. The van der Waals surface area contributed by atoms with E-state index >= 15 is 0 Å². The molecule has 5 heteroatoms. The van der Waals surface area contributed by atoms with E-state index in [2.05, 4.69) is 6.07 Å². The van der Waals surface area contributed by atoms with Gasteiger partial charge in [0.25, 0.3) is 0 Å². The second-order valence-corrected chi connectivity index (χ2v) is 5.29. The number of aryl methyl sites for hydroxylation is 1. The van der Waals surface area contributed by atoms with E-state index in [1.54, 1.807) is 43.5 Å². The lowest BCUT2D eigenvalue weighted by Gasteiger charge is -2.06. The maximum atomic E-state index is 12.4. The van der Waals surface area contributed by atoms with Crippen molar-refractivity contribution in [3.05, 3.63) is 59.2 Å². The highest BCUT2D eigenvalue weighted by Gasteiger charge is 2.15. The van der Waals surface area contributed by atoms with Crippen LogP contribution < -0.4 is 14.2 Å². The quantitative estimate of drug-likeness (QED) is 0.489. The molecule has 120 valence electrons. The summed E-state index contributed by atoms with van der Waals surface area (Å²) in [5.74, 6) is 1.68. The van der Waals surface area contributed by atoms with Crippen LogP contribution >= 0.6 is 0 Å². The van der Waals surface area contributed by atoms with Crippen molar-refractivity contribution in [3.8, 4) is 23.3 Å². The number of nitrogens with zero attached hydrogens (tertiary/aromatic N) is 1. The molecule has 0 aliphatic carbocycles. The molecular formula is C19H15NO4. The standard InChI is InChI=1S/C19H15NO4/c1-12-7-14(4-5-17(12)22-2)16(21)8-15(10-20)13-3-6-18-19(9-13)24-11-23-18/h3-9H,11H2,1-2H3. The van der Waals surface area contributed by atoms with E-state index in [0.29, 0.717) is 28.4 Å². The van der Waals surface area contributed by atoms with Gasteiger partial charge in [-0.3, -0.25) is 4.79 Å². The summed E-state index contributed by atoms with van der Waals surface area (Å²) in [7, 11) is 1.58. The number of benzene rings is 2. The monoisotopic (exact) mass is 321 g/mol. The minimum Gasteiger partial charge on any atom is -0.496 e. The van der Waals surface area contributed by atoms with Gasteiger partial charge in [0.1, 0.15) is 5.75 Å². The fourth-order valence-corrected chi connectivity index (χ4v) is 2.49. The molecule has 0 amide bonds. The Bertz CT molecular complexity index is 877. The van der Waals surface area contributed by atoms with E-state index < -0.39 is 0 Å². The number of rotatable bonds is 4. The van der Waals surface area contributed by atoms with Crippen LogP contribution in [0.3, 0.4) is 0 Å². The predicted octanol–water partition coefficient (Wildman–Crippen LogP) is 3.52. The zero-order valence-corrected chi connectivity index (χ0v) is 13.3. The Balaban J connectivity index is 1.91. The third-order valence-corrected chi connectivity index (χ3v) is 3.76. The lowest BCUT2D eigenvalue weighted by molar-refractivity contribution is 0.104. The Kier molecular flexibility index (Phi) is 4.21. The number of carbonyl (C=O) groups is 1. The van der Waals surface area contributed by atoms with E-state index in [4.69, 9.17) is 14.2 Å². The van der Waals surface area contributed by atoms with Crippen molar-refractivity contribution in [2.45, 2.75) is 6.92 Å². The molecule has 5 nitrogen and oxygen atoms in total. The molecule has 0 bridgehead atoms. The first-order chi connectivity index (χ1) is 11.6. The van der Waals surface area contributed by atoms with Crippen LogP contribution in [-0.2, 0) is 0 Å². The molecule has 0 saturated carbocycles. The number of nitriles is 1. The van der Waals surface area contributed by atoms with Gasteiger partial charge >= 0.3 is 0 Å². The molecule has 1 aliphatic rings. The summed E-state index contributed by atoms with van der Waals surface area (Å²) in [6.07, 6.45) is 1.33. The Hall–Kier alpha value is -3.26. The molecule has 1 heterocycles. The summed E-state index contributed by atoms with van der Waals surface area (Å²) in [4.78, 5) is 12.4. The van der Waals surface area contributed by atoms with E-state index in [0.717, 1.165) is 5.56 Å². The number of carbonyl (C=O) groups excluding carboxylic acids is 1. The van der Waals surface area contributed by atoms with Gasteiger partial charge in [-0.2, -0.15) is 5.26 Å². The minimum absolute atomic E-state index is 0.161. The molecule has 2 aromatic carbocycles. The van der Waals surface area contributed by atoms with Crippen LogP contribution in [0.25, 0.3) is 5.57 Å². The molecule has 24 heavy (non-hydrogen) atoms. The average molecular weight is 321 g/mol. The molecule has 0 saturated heterocycles. The van der Waals surface area contributed by atoms with Gasteiger partial charge in [-0.15, -0.1) is 0 Å². The highest BCUT2D eigenvalue weighted by atomic mass is 16.7. The van der Waals surface area contributed by atoms with Gasteiger partial charge < -0.3 is 14.2 Å². The van der Waals surface area contributed by atoms with Crippen LogP contribution in [0.5, 0.6) is 17.2 Å². The minimum atomic E-state index is -0.241. The van der Waals surface area contributed by atoms with Gasteiger partial charge in [0.2, 0.25) is 6.79 Å². The number of fused-ring (bicyclic) bond motifs is 1. The third kappa shape index (κ3) is 2.95. The Morgan fingerprint density at radius 3 is 2.62 bits per heavy atom. The summed E-state index contributed by atoms with van der Waals surface area (Å²) < 4.78 is 15.7. The molecule has 2 aromatic rings. The SMILES string of the molecule is COc1ccc(C(=O)C=C(C#N)c2ccc3c(c2)OCO3)cc1C. The van der Waals surface area contributed by atoms with Crippen molar-refractivity contribution >= 4 is 11.4 Å². The average Bonchev–Trinajstić information content (AvgIpc) is 3.07. The number of ketones is 1. The first-order valence-corrected chi connectivity index (χ1v) is 7.33. The molecule has 0 radical (unpaired) electrons. The predicted molar refractivity (Wildman–Crippen MR) is 88.2 cm³/mol. The maximum Gasteiger partial charge on any atom is 0.231 e. The zero-order chi connectivity index (χ0) is 17.1. The van der Waals surface area contributed by atoms with Crippen LogP contribution in [0.4, 0.5) is 0 Å². The van der Waals surface area contributed by atoms with Crippen molar-refractivity contribution in [2.75, 3.05) is 13.9 Å². The molecule has 0 fully saturated rings. The molecule has 0 atom stereocenters. The first kappa shape index (κ1) is 15.6. The van der Waals surface area contributed by atoms with Crippen molar-refractivity contribution in [1.29, 1.82) is 5.26 Å². The van der Waals surface area contributed by atoms with Crippen molar-refractivity contribution in [3.63, 3.8) is 0 Å². The third-order valence-electron chi connectivity index (χ3n) is 3.76. The molecule has 3 rings (SSSR count). The second kappa shape index (κ2) is 6.47. The lowest BCUT2D eigenvalue weighted by atomic mass is 10.0. The van der Waals surface area contributed by atoms with Gasteiger partial charge in [-0.1, -0.05) is 0 Å². The summed E-state index contributed by atoms with van der Waals surface area (Å²) >= 11 is 0. The van der Waals surface area contributed by atoms with Crippen molar-refractivity contribution in [2.24, 2.45) is 0 Å². The Morgan fingerprint density at radius 1 is 1.17 bits per heavy atom. The van der Waals surface area contributed by atoms with E-state index in [1.165, 1.54) is 6.08 Å². The van der Waals surface area contributed by atoms with Gasteiger partial charge in [0, 0.05) is 11.6 Å². The number of ether oxygens (including phenoxy) is 3. The maximum absolute atomic E-state index is 12.4. The van der Waals surface area contributed by atoms with Crippen LogP contribution in [0.15, 0.2) is 42.5 Å². The van der Waals surface area contributed by atoms with Gasteiger partial charge in [-0.25, -0.2) is 0 Å². The van der Waals surface area contributed by atoms with Crippen LogP contribution in [0.2, 0.25) is 0 Å². The number of methoxy groups -OCH3 is 1. The van der Waals surface area contributed by atoms with Crippen LogP contribution in [0.1, 0.15) is 21.5 Å². The smallest absolute Gasteiger partial charge is 0.231 e. The fraction of sp³-hybridized carbons (Fsp3) is 0.158. The van der Waals surface area contributed by atoms with Gasteiger partial charge in [0.15, 0.2) is 17.3 Å². The Morgan fingerprint density at radius 2 is 1.92 bits per heavy atom. The van der Waals surface area contributed by atoms with Gasteiger partial charge in [-0.05, 0) is 54.4 Å². The summed E-state index contributed by atoms with van der Waals surface area (Å²) in [6.45, 7) is 2.02. The number of hydrogen-bond donors (Lipinski definition) is 0. The molecule has 0 N–H and O–H groups in total. The second-order valence-electron chi connectivity index (χ2n) is 5.29. The zero-order valence-electron chi connectivity index (χ0n) is 13.3. The summed E-state index contributed by atoms with van der Waals surface area (Å²) in [5, 5.41) is 9.40. The first-order valence-electron chi connectivity index (χ1n) is 7.33. The lowest BCUT2D eigenvalue weighted by Crippen LogP contribution is -1.98. The highest BCUT2D eigenvalue weighted by molar-refractivity contribution is 6.10. The largest absolute Gasteiger partial charge is 0.496 e. The van der Waals surface area contributed by atoms with Crippen LogP contribution in [0, 0.1) is 18.3 Å². The highest BCUT2D eigenvalue weighted by Crippen LogP contribution is 2.34. The summed E-state index contributed by atoms with van der Waals surface area (Å²) in [5.41, 5.74) is 2.24.